The highest BCUT2D eigenvalue weighted by Crippen LogP contribution is 2.29. The SMILES string of the molecule is Cc1c(NC(=O)CCN(Cc2ccccc2F)C2CC2)cccc1[N+](=O)[O-]. The van der Waals surface area contributed by atoms with E-state index < -0.39 is 4.92 Å². The van der Waals surface area contributed by atoms with Gasteiger partial charge in [-0.1, -0.05) is 24.3 Å². The fraction of sp³-hybridized carbons (Fsp3) is 0.350. The van der Waals surface area contributed by atoms with Crippen LogP contribution in [0.25, 0.3) is 0 Å². The molecule has 0 atom stereocenters. The first-order chi connectivity index (χ1) is 13.0. The average molecular weight is 371 g/mol. The molecule has 0 radical (unpaired) electrons. The van der Waals surface area contributed by atoms with Gasteiger partial charge in [-0.3, -0.25) is 19.8 Å². The molecular formula is C20H22FN3O3. The topological polar surface area (TPSA) is 75.5 Å². The molecule has 0 saturated heterocycles. The predicted octanol–water partition coefficient (Wildman–Crippen LogP) is 4.04. The summed E-state index contributed by atoms with van der Waals surface area (Å²) in [6.45, 7) is 2.60. The summed E-state index contributed by atoms with van der Waals surface area (Å²) in [6, 6.07) is 11.7. The first kappa shape index (κ1) is 19.0. The van der Waals surface area contributed by atoms with Crippen molar-refractivity contribution in [3.8, 4) is 0 Å². The van der Waals surface area contributed by atoms with Crippen LogP contribution in [0.5, 0.6) is 0 Å². The Kier molecular flexibility index (Phi) is 5.81. The number of carbonyl (C=O) groups is 1. The largest absolute Gasteiger partial charge is 0.326 e. The molecule has 0 heterocycles. The monoisotopic (exact) mass is 371 g/mol. The number of nitro benzene ring substituents is 1. The molecule has 1 fully saturated rings. The van der Waals surface area contributed by atoms with Gasteiger partial charge in [0.2, 0.25) is 5.91 Å². The Morgan fingerprint density at radius 2 is 2.00 bits per heavy atom. The molecular weight excluding hydrogens is 349 g/mol. The van der Waals surface area contributed by atoms with E-state index in [1.807, 2.05) is 0 Å². The quantitative estimate of drug-likeness (QED) is 0.561. The Balaban J connectivity index is 1.60. The Hall–Kier alpha value is -2.80. The van der Waals surface area contributed by atoms with Gasteiger partial charge in [0.15, 0.2) is 0 Å². The number of anilines is 1. The van der Waals surface area contributed by atoms with Crippen molar-refractivity contribution in [1.82, 2.24) is 4.90 Å². The zero-order valence-electron chi connectivity index (χ0n) is 15.2. The fourth-order valence-electron chi connectivity index (χ4n) is 3.09. The third-order valence-corrected chi connectivity index (χ3v) is 4.80. The van der Waals surface area contributed by atoms with E-state index in [0.717, 1.165) is 12.8 Å². The van der Waals surface area contributed by atoms with Crippen LogP contribution < -0.4 is 5.32 Å². The molecule has 27 heavy (non-hydrogen) atoms. The van der Waals surface area contributed by atoms with Gasteiger partial charge in [0, 0.05) is 37.2 Å². The van der Waals surface area contributed by atoms with Gasteiger partial charge >= 0.3 is 0 Å². The lowest BCUT2D eigenvalue weighted by Crippen LogP contribution is -2.30. The molecule has 7 heteroatoms. The van der Waals surface area contributed by atoms with Crippen molar-refractivity contribution in [2.24, 2.45) is 0 Å². The summed E-state index contributed by atoms with van der Waals surface area (Å²) in [4.78, 5) is 25.0. The van der Waals surface area contributed by atoms with Crippen LogP contribution in [0.15, 0.2) is 42.5 Å². The summed E-state index contributed by atoms with van der Waals surface area (Å²) in [5, 5.41) is 13.8. The number of nitrogens with one attached hydrogen (secondary N) is 1. The fourth-order valence-corrected chi connectivity index (χ4v) is 3.09. The second-order valence-corrected chi connectivity index (χ2v) is 6.80. The number of hydrogen-bond acceptors (Lipinski definition) is 4. The molecule has 1 saturated carbocycles. The number of nitro groups is 1. The Labute approximate surface area is 157 Å². The number of carbonyl (C=O) groups excluding carboxylic acids is 1. The average Bonchev–Trinajstić information content (AvgIpc) is 3.46. The molecule has 0 unspecified atom stereocenters. The summed E-state index contributed by atoms with van der Waals surface area (Å²) in [5.41, 5.74) is 1.48. The molecule has 0 bridgehead atoms. The molecule has 1 N–H and O–H groups in total. The van der Waals surface area contributed by atoms with Gasteiger partial charge in [-0.15, -0.1) is 0 Å². The summed E-state index contributed by atoms with van der Waals surface area (Å²) in [6.07, 6.45) is 2.35. The first-order valence-electron chi connectivity index (χ1n) is 8.97. The lowest BCUT2D eigenvalue weighted by atomic mass is 10.1. The molecule has 1 aliphatic rings. The maximum atomic E-state index is 13.9. The van der Waals surface area contributed by atoms with Crippen LogP contribution in [-0.4, -0.2) is 28.3 Å². The number of amides is 1. The van der Waals surface area contributed by atoms with Gasteiger partial charge in [0.05, 0.1) is 16.2 Å². The van der Waals surface area contributed by atoms with Crippen molar-refractivity contribution in [2.75, 3.05) is 11.9 Å². The zero-order valence-corrected chi connectivity index (χ0v) is 15.2. The zero-order chi connectivity index (χ0) is 19.4. The van der Waals surface area contributed by atoms with Crippen LogP contribution in [0.2, 0.25) is 0 Å². The van der Waals surface area contributed by atoms with Gasteiger partial charge in [-0.25, -0.2) is 4.39 Å². The van der Waals surface area contributed by atoms with Crippen LogP contribution in [0.4, 0.5) is 15.8 Å². The molecule has 1 aliphatic carbocycles. The third kappa shape index (κ3) is 4.89. The second-order valence-electron chi connectivity index (χ2n) is 6.80. The van der Waals surface area contributed by atoms with Gasteiger partial charge < -0.3 is 5.32 Å². The lowest BCUT2D eigenvalue weighted by Gasteiger charge is -2.22. The van der Waals surface area contributed by atoms with Gasteiger partial charge in [-0.05, 0) is 31.9 Å². The number of benzene rings is 2. The van der Waals surface area contributed by atoms with Gasteiger partial charge in [0.25, 0.3) is 5.69 Å². The minimum absolute atomic E-state index is 0.0213. The van der Waals surface area contributed by atoms with Crippen LogP contribution in [0.1, 0.15) is 30.4 Å². The molecule has 0 aliphatic heterocycles. The minimum atomic E-state index is -0.464. The Morgan fingerprint density at radius 1 is 1.26 bits per heavy atom. The van der Waals surface area contributed by atoms with Crippen molar-refractivity contribution < 1.29 is 14.1 Å². The van der Waals surface area contributed by atoms with Gasteiger partial charge in [0.1, 0.15) is 5.82 Å². The van der Waals surface area contributed by atoms with Crippen LogP contribution in [-0.2, 0) is 11.3 Å². The molecule has 0 spiro atoms. The summed E-state index contributed by atoms with van der Waals surface area (Å²) >= 11 is 0. The van der Waals surface area contributed by atoms with Gasteiger partial charge in [-0.2, -0.15) is 0 Å². The Morgan fingerprint density at radius 3 is 2.67 bits per heavy atom. The normalized spacial score (nSPS) is 13.6. The molecule has 2 aromatic carbocycles. The van der Waals surface area contributed by atoms with E-state index in [4.69, 9.17) is 0 Å². The molecule has 1 amide bonds. The van der Waals surface area contributed by atoms with E-state index in [1.54, 1.807) is 37.3 Å². The molecule has 6 nitrogen and oxygen atoms in total. The van der Waals surface area contributed by atoms with Crippen LogP contribution in [0, 0.1) is 22.9 Å². The third-order valence-electron chi connectivity index (χ3n) is 4.80. The maximum absolute atomic E-state index is 13.9. The molecule has 142 valence electrons. The van der Waals surface area contributed by atoms with Crippen LogP contribution >= 0.6 is 0 Å². The highest BCUT2D eigenvalue weighted by molar-refractivity contribution is 5.92. The highest BCUT2D eigenvalue weighted by Gasteiger charge is 2.29. The maximum Gasteiger partial charge on any atom is 0.274 e. The number of nitrogens with zero attached hydrogens (tertiary/aromatic N) is 2. The van der Waals surface area contributed by atoms with Crippen molar-refractivity contribution >= 4 is 17.3 Å². The molecule has 0 aromatic heterocycles. The summed E-state index contributed by atoms with van der Waals surface area (Å²) < 4.78 is 13.9. The van der Waals surface area contributed by atoms with Crippen molar-refractivity contribution in [3.63, 3.8) is 0 Å². The predicted molar refractivity (Wildman–Crippen MR) is 101 cm³/mol. The smallest absolute Gasteiger partial charge is 0.274 e. The van der Waals surface area contributed by atoms with E-state index in [2.05, 4.69) is 10.2 Å². The summed E-state index contributed by atoms with van der Waals surface area (Å²) in [5.74, 6) is -0.447. The second kappa shape index (κ2) is 8.26. The van der Waals surface area contributed by atoms with Crippen molar-refractivity contribution in [3.05, 3.63) is 69.5 Å². The number of halogens is 1. The first-order valence-corrected chi connectivity index (χ1v) is 8.97. The van der Waals surface area contributed by atoms with Crippen molar-refractivity contribution in [1.29, 1.82) is 0 Å². The number of rotatable bonds is 8. The number of hydrogen-bond donors (Lipinski definition) is 1. The standard InChI is InChI=1S/C20H22FN3O3/c1-14-18(7-4-8-19(14)24(26)27)22-20(25)11-12-23(16-9-10-16)13-15-5-2-3-6-17(15)21/h2-8,16H,9-13H2,1H3,(H,22,25). The van der Waals surface area contributed by atoms with E-state index >= 15 is 0 Å². The molecule has 3 rings (SSSR count). The summed E-state index contributed by atoms with van der Waals surface area (Å²) in [7, 11) is 0. The van der Waals surface area contributed by atoms with E-state index in [1.165, 1.54) is 12.1 Å². The minimum Gasteiger partial charge on any atom is -0.326 e. The van der Waals surface area contributed by atoms with E-state index in [-0.39, 0.29) is 23.8 Å². The van der Waals surface area contributed by atoms with E-state index in [0.29, 0.717) is 35.9 Å². The lowest BCUT2D eigenvalue weighted by molar-refractivity contribution is -0.385. The van der Waals surface area contributed by atoms with Crippen LogP contribution in [0.3, 0.4) is 0 Å². The van der Waals surface area contributed by atoms with E-state index in [9.17, 15) is 19.3 Å². The highest BCUT2D eigenvalue weighted by atomic mass is 19.1. The van der Waals surface area contributed by atoms with Crippen molar-refractivity contribution in [2.45, 2.75) is 38.8 Å². The Bertz CT molecular complexity index is 852. The molecule has 2 aromatic rings.